The number of carbonyl (C=O) groups is 2. The molecule has 1 heterocycles. The van der Waals surface area contributed by atoms with Crippen LogP contribution in [0.2, 0.25) is 0 Å². The lowest BCUT2D eigenvalue weighted by Gasteiger charge is -2.28. The quantitative estimate of drug-likeness (QED) is 0.700. The summed E-state index contributed by atoms with van der Waals surface area (Å²) >= 11 is 1.33. The standard InChI is InChI=1S/C8H13NO3S/c1-6(10)13-7-2-4-9(5-3-7)8(11)12/h7H,2-5H2,1H3,(H,11,12). The third-order valence-corrected chi connectivity index (χ3v) is 3.18. The van der Waals surface area contributed by atoms with E-state index >= 15 is 0 Å². The van der Waals surface area contributed by atoms with Gasteiger partial charge in [0.25, 0.3) is 0 Å². The van der Waals surface area contributed by atoms with Crippen molar-refractivity contribution in [2.75, 3.05) is 13.1 Å². The Morgan fingerprint density at radius 3 is 2.31 bits per heavy atom. The number of likely N-dealkylation sites (tertiary alicyclic amines) is 1. The average Bonchev–Trinajstić information content (AvgIpc) is 2.04. The second-order valence-corrected chi connectivity index (χ2v) is 4.56. The van der Waals surface area contributed by atoms with Crippen LogP contribution in [0.1, 0.15) is 19.8 Å². The van der Waals surface area contributed by atoms with E-state index in [1.165, 1.54) is 16.7 Å². The zero-order valence-electron chi connectivity index (χ0n) is 7.52. The lowest BCUT2D eigenvalue weighted by molar-refractivity contribution is -0.109. The SMILES string of the molecule is CC(=O)SC1CCN(C(=O)O)CC1. The molecule has 1 fully saturated rings. The van der Waals surface area contributed by atoms with Crippen LogP contribution < -0.4 is 0 Å². The minimum atomic E-state index is -0.855. The van der Waals surface area contributed by atoms with E-state index in [1.807, 2.05) is 0 Å². The first-order valence-corrected chi connectivity index (χ1v) is 5.12. The lowest BCUT2D eigenvalue weighted by Crippen LogP contribution is -2.38. The molecule has 0 aromatic carbocycles. The Hall–Kier alpha value is -0.710. The maximum Gasteiger partial charge on any atom is 0.407 e. The smallest absolute Gasteiger partial charge is 0.407 e. The predicted octanol–water partition coefficient (Wildman–Crippen LogP) is 1.41. The van der Waals surface area contributed by atoms with Gasteiger partial charge < -0.3 is 10.0 Å². The monoisotopic (exact) mass is 203 g/mol. The van der Waals surface area contributed by atoms with Crippen LogP contribution >= 0.6 is 11.8 Å². The van der Waals surface area contributed by atoms with E-state index in [0.29, 0.717) is 18.3 Å². The number of nitrogens with zero attached hydrogens (tertiary/aromatic N) is 1. The largest absolute Gasteiger partial charge is 0.465 e. The van der Waals surface area contributed by atoms with Crippen LogP contribution in [0.4, 0.5) is 4.79 Å². The summed E-state index contributed by atoms with van der Waals surface area (Å²) in [7, 11) is 0. The number of hydrogen-bond donors (Lipinski definition) is 1. The van der Waals surface area contributed by atoms with Crippen molar-refractivity contribution in [2.24, 2.45) is 0 Å². The molecule has 5 heteroatoms. The molecule has 0 bridgehead atoms. The van der Waals surface area contributed by atoms with Gasteiger partial charge in [0.2, 0.25) is 0 Å². The van der Waals surface area contributed by atoms with Crippen LogP contribution in [0.3, 0.4) is 0 Å². The van der Waals surface area contributed by atoms with Crippen LogP contribution in [0.5, 0.6) is 0 Å². The van der Waals surface area contributed by atoms with E-state index in [9.17, 15) is 9.59 Å². The first kappa shape index (κ1) is 10.4. The normalized spacial score (nSPS) is 18.7. The maximum atomic E-state index is 10.8. The summed E-state index contributed by atoms with van der Waals surface area (Å²) in [6.07, 6.45) is 0.721. The van der Waals surface area contributed by atoms with Crippen molar-refractivity contribution in [1.29, 1.82) is 0 Å². The minimum Gasteiger partial charge on any atom is -0.465 e. The summed E-state index contributed by atoms with van der Waals surface area (Å²) < 4.78 is 0. The molecular weight excluding hydrogens is 190 g/mol. The average molecular weight is 203 g/mol. The summed E-state index contributed by atoms with van der Waals surface area (Å²) in [5, 5.41) is 9.09. The topological polar surface area (TPSA) is 57.6 Å². The second-order valence-electron chi connectivity index (χ2n) is 3.08. The Bertz CT molecular complexity index is 211. The van der Waals surface area contributed by atoms with Crippen LogP contribution in [0.25, 0.3) is 0 Å². The van der Waals surface area contributed by atoms with Gasteiger partial charge in [0, 0.05) is 25.3 Å². The molecule has 74 valence electrons. The summed E-state index contributed by atoms with van der Waals surface area (Å²) in [4.78, 5) is 22.7. The van der Waals surface area contributed by atoms with Gasteiger partial charge in [-0.05, 0) is 12.8 Å². The minimum absolute atomic E-state index is 0.119. The number of rotatable bonds is 1. The molecule has 1 aliphatic heterocycles. The van der Waals surface area contributed by atoms with Gasteiger partial charge in [-0.15, -0.1) is 0 Å². The molecule has 4 nitrogen and oxygen atoms in total. The van der Waals surface area contributed by atoms with Crippen LogP contribution in [-0.2, 0) is 4.79 Å². The number of carbonyl (C=O) groups excluding carboxylic acids is 1. The summed E-state index contributed by atoms with van der Waals surface area (Å²) in [6.45, 7) is 2.66. The van der Waals surface area contributed by atoms with Gasteiger partial charge in [-0.1, -0.05) is 11.8 Å². The molecule has 13 heavy (non-hydrogen) atoms. The van der Waals surface area contributed by atoms with Crippen LogP contribution in [0.15, 0.2) is 0 Å². The molecule has 1 aliphatic rings. The van der Waals surface area contributed by atoms with Gasteiger partial charge in [0.1, 0.15) is 0 Å². The highest BCUT2D eigenvalue weighted by atomic mass is 32.2. The van der Waals surface area contributed by atoms with Crippen molar-refractivity contribution in [2.45, 2.75) is 25.0 Å². The predicted molar refractivity (Wildman–Crippen MR) is 50.9 cm³/mol. The van der Waals surface area contributed by atoms with Crippen LogP contribution in [-0.4, -0.2) is 39.6 Å². The van der Waals surface area contributed by atoms with Crippen molar-refractivity contribution in [3.05, 3.63) is 0 Å². The number of hydrogen-bond acceptors (Lipinski definition) is 3. The van der Waals surface area contributed by atoms with E-state index in [1.54, 1.807) is 6.92 Å². The van der Waals surface area contributed by atoms with Crippen molar-refractivity contribution in [3.63, 3.8) is 0 Å². The molecule has 0 aliphatic carbocycles. The first-order valence-electron chi connectivity index (χ1n) is 4.24. The van der Waals surface area contributed by atoms with E-state index in [-0.39, 0.29) is 5.12 Å². The number of carboxylic acid groups (broad SMARTS) is 1. The Morgan fingerprint density at radius 1 is 1.38 bits per heavy atom. The van der Waals surface area contributed by atoms with Gasteiger partial charge in [0.15, 0.2) is 5.12 Å². The maximum absolute atomic E-state index is 10.8. The number of piperidine rings is 1. The summed E-state index contributed by atoms with van der Waals surface area (Å²) in [5.41, 5.74) is 0. The zero-order chi connectivity index (χ0) is 9.84. The van der Waals surface area contributed by atoms with Gasteiger partial charge in [-0.25, -0.2) is 4.79 Å². The van der Waals surface area contributed by atoms with Crippen LogP contribution in [0, 0.1) is 0 Å². The molecule has 0 aromatic rings. The highest BCUT2D eigenvalue weighted by Gasteiger charge is 2.23. The number of thioether (sulfide) groups is 1. The van der Waals surface area contributed by atoms with Gasteiger partial charge in [-0.2, -0.15) is 0 Å². The fourth-order valence-corrected chi connectivity index (χ4v) is 2.32. The zero-order valence-corrected chi connectivity index (χ0v) is 8.34. The molecule has 1 saturated heterocycles. The Balaban J connectivity index is 2.30. The summed E-state index contributed by atoms with van der Waals surface area (Å²) in [6, 6.07) is 0. The Labute approximate surface area is 81.3 Å². The fourth-order valence-electron chi connectivity index (χ4n) is 1.40. The third-order valence-electron chi connectivity index (χ3n) is 2.05. The Morgan fingerprint density at radius 2 is 1.92 bits per heavy atom. The van der Waals surface area contributed by atoms with Crippen molar-refractivity contribution < 1.29 is 14.7 Å². The molecule has 0 atom stereocenters. The second kappa shape index (κ2) is 4.50. The highest BCUT2D eigenvalue weighted by molar-refractivity contribution is 8.14. The van der Waals surface area contributed by atoms with Crippen molar-refractivity contribution in [3.8, 4) is 0 Å². The fraction of sp³-hybridized carbons (Fsp3) is 0.750. The van der Waals surface area contributed by atoms with Crippen molar-refractivity contribution in [1.82, 2.24) is 4.90 Å². The van der Waals surface area contributed by atoms with E-state index < -0.39 is 6.09 Å². The van der Waals surface area contributed by atoms with E-state index in [2.05, 4.69) is 0 Å². The molecule has 0 unspecified atom stereocenters. The molecule has 1 amide bonds. The summed E-state index contributed by atoms with van der Waals surface area (Å²) in [5.74, 6) is 0. The van der Waals surface area contributed by atoms with Gasteiger partial charge >= 0.3 is 6.09 Å². The van der Waals surface area contributed by atoms with E-state index in [4.69, 9.17) is 5.11 Å². The van der Waals surface area contributed by atoms with Gasteiger partial charge in [-0.3, -0.25) is 4.79 Å². The van der Waals surface area contributed by atoms with Crippen molar-refractivity contribution >= 4 is 23.0 Å². The molecule has 0 aromatic heterocycles. The number of amides is 1. The van der Waals surface area contributed by atoms with Gasteiger partial charge in [0.05, 0.1) is 0 Å². The Kier molecular flexibility index (Phi) is 3.59. The van der Waals surface area contributed by atoms with E-state index in [0.717, 1.165) is 12.8 Å². The molecule has 0 spiro atoms. The molecule has 1 rings (SSSR count). The first-order chi connectivity index (χ1) is 6.09. The molecule has 0 radical (unpaired) electrons. The molecular formula is C8H13NO3S. The highest BCUT2D eigenvalue weighted by Crippen LogP contribution is 2.23. The lowest BCUT2D eigenvalue weighted by atomic mass is 10.1. The molecule has 0 saturated carbocycles. The molecule has 1 N–H and O–H groups in total. The third kappa shape index (κ3) is 3.26.